The van der Waals surface area contributed by atoms with E-state index < -0.39 is 63.1 Å². The van der Waals surface area contributed by atoms with Crippen molar-refractivity contribution in [1.29, 1.82) is 0 Å². The van der Waals surface area contributed by atoms with E-state index in [1.54, 1.807) is 20.8 Å². The molecule has 0 atom stereocenters. The van der Waals surface area contributed by atoms with Gasteiger partial charge in [0.2, 0.25) is 5.82 Å². The zero-order chi connectivity index (χ0) is 24.5. The van der Waals surface area contributed by atoms with E-state index in [4.69, 9.17) is 9.47 Å². The second kappa shape index (κ2) is 9.23. The molecule has 2 rings (SSSR count). The molecule has 174 valence electrons. The molecule has 1 N–H and O–H groups in total. The number of carbonyl (C=O) groups is 3. The molecule has 0 fully saturated rings. The lowest BCUT2D eigenvalue weighted by Crippen LogP contribution is -2.23. The molecule has 12 heteroatoms. The first-order chi connectivity index (χ1) is 14.7. The minimum Gasteiger partial charge on any atom is -0.462 e. The second-order valence-corrected chi connectivity index (χ2v) is 8.40. The lowest BCUT2D eigenvalue weighted by molar-refractivity contribution is 0.00743. The van der Waals surface area contributed by atoms with Crippen molar-refractivity contribution in [3.05, 3.63) is 50.7 Å². The number of benzene rings is 1. The van der Waals surface area contributed by atoms with E-state index in [9.17, 15) is 36.3 Å². The van der Waals surface area contributed by atoms with Gasteiger partial charge in [-0.2, -0.15) is 0 Å². The number of hydrogen-bond donors (Lipinski definition) is 1. The first-order valence-electron chi connectivity index (χ1n) is 9.07. The van der Waals surface area contributed by atoms with Crippen molar-refractivity contribution >= 4 is 34.2 Å². The first-order valence-corrected chi connectivity index (χ1v) is 9.89. The maximum Gasteiger partial charge on any atom is 0.349 e. The Morgan fingerprint density at radius 1 is 0.875 bits per heavy atom. The predicted octanol–water partition coefficient (Wildman–Crippen LogP) is 5.14. The van der Waals surface area contributed by atoms with Crippen LogP contribution in [0.15, 0.2) is 0 Å². The number of hydrogen-bond acceptors (Lipinski definition) is 6. The smallest absolute Gasteiger partial charge is 0.349 e. The number of rotatable bonds is 5. The van der Waals surface area contributed by atoms with Gasteiger partial charge in [0.1, 0.15) is 21.0 Å². The number of thiophene rings is 1. The Bertz CT molecular complexity index is 1080. The van der Waals surface area contributed by atoms with E-state index in [1.807, 2.05) is 5.32 Å². The molecule has 32 heavy (non-hydrogen) atoms. The topological polar surface area (TPSA) is 81.7 Å². The molecule has 0 spiro atoms. The number of amides is 1. The van der Waals surface area contributed by atoms with Crippen LogP contribution in [0.5, 0.6) is 0 Å². The Morgan fingerprint density at radius 3 is 1.84 bits per heavy atom. The van der Waals surface area contributed by atoms with Gasteiger partial charge in [-0.15, -0.1) is 11.3 Å². The monoisotopic (exact) mass is 479 g/mol. The minimum atomic E-state index is -2.43. The highest BCUT2D eigenvalue weighted by molar-refractivity contribution is 7.18. The molecule has 2 aromatic rings. The number of ether oxygens (including phenoxy) is 2. The van der Waals surface area contributed by atoms with Crippen molar-refractivity contribution in [3.63, 3.8) is 0 Å². The van der Waals surface area contributed by atoms with Crippen molar-refractivity contribution < 1.29 is 45.8 Å². The Morgan fingerprint density at radius 2 is 1.38 bits per heavy atom. The van der Waals surface area contributed by atoms with Crippen LogP contribution in [0, 0.1) is 36.0 Å². The predicted molar refractivity (Wildman–Crippen MR) is 104 cm³/mol. The van der Waals surface area contributed by atoms with E-state index in [2.05, 4.69) is 0 Å². The summed E-state index contributed by atoms with van der Waals surface area (Å²) in [6.45, 7) is 7.52. The molecule has 0 aliphatic heterocycles. The zero-order valence-electron chi connectivity index (χ0n) is 17.5. The summed E-state index contributed by atoms with van der Waals surface area (Å²) in [7, 11) is 0. The Labute approximate surface area is 183 Å². The van der Waals surface area contributed by atoms with Gasteiger partial charge in [-0.25, -0.2) is 31.5 Å². The standard InChI is InChI=1S/C20H18F5NO5S/c1-6-30-18(28)8-7(2)15(19(29)31-20(3,4)5)32-17(8)26-16(27)9-10(21)12(23)14(25)13(24)11(9)22/h6H2,1-5H3,(H,26,27). The fraction of sp³-hybridized carbons (Fsp3) is 0.350. The molecule has 0 saturated carbocycles. The van der Waals surface area contributed by atoms with Gasteiger partial charge in [-0.3, -0.25) is 4.79 Å². The van der Waals surface area contributed by atoms with Gasteiger partial charge in [0.05, 0.1) is 12.2 Å². The molecule has 0 unspecified atom stereocenters. The summed E-state index contributed by atoms with van der Waals surface area (Å²) >= 11 is 0.522. The maximum atomic E-state index is 14.0. The normalized spacial score (nSPS) is 11.3. The SMILES string of the molecule is CCOC(=O)c1c(NC(=O)c2c(F)c(F)c(F)c(F)c2F)sc(C(=O)OC(C)(C)C)c1C. The van der Waals surface area contributed by atoms with Crippen molar-refractivity contribution in [2.24, 2.45) is 0 Å². The van der Waals surface area contributed by atoms with Gasteiger partial charge in [0.25, 0.3) is 5.91 Å². The molecule has 0 bridgehead atoms. The Kier molecular flexibility index (Phi) is 7.28. The molecule has 1 heterocycles. The van der Waals surface area contributed by atoms with Gasteiger partial charge < -0.3 is 14.8 Å². The highest BCUT2D eigenvalue weighted by Gasteiger charge is 2.33. The number of carbonyl (C=O) groups excluding carboxylic acids is 3. The number of halogens is 5. The fourth-order valence-corrected chi connectivity index (χ4v) is 3.61. The van der Waals surface area contributed by atoms with Crippen LogP contribution in [0.4, 0.5) is 27.0 Å². The molecule has 0 saturated heterocycles. The Hall–Kier alpha value is -3.02. The summed E-state index contributed by atoms with van der Waals surface area (Å²) < 4.78 is 78.3. The quantitative estimate of drug-likeness (QED) is 0.278. The van der Waals surface area contributed by atoms with Crippen LogP contribution in [-0.2, 0) is 9.47 Å². The summed E-state index contributed by atoms with van der Waals surface area (Å²) in [6, 6.07) is 0. The summed E-state index contributed by atoms with van der Waals surface area (Å²) in [6.07, 6.45) is 0. The van der Waals surface area contributed by atoms with E-state index >= 15 is 0 Å². The number of esters is 2. The third-order valence-corrected chi connectivity index (χ3v) is 5.06. The maximum absolute atomic E-state index is 14.0. The summed E-state index contributed by atoms with van der Waals surface area (Å²) in [5, 5.41) is 1.54. The third-order valence-electron chi connectivity index (χ3n) is 3.87. The van der Waals surface area contributed by atoms with Crippen LogP contribution in [0.3, 0.4) is 0 Å². The molecular weight excluding hydrogens is 461 g/mol. The van der Waals surface area contributed by atoms with Gasteiger partial charge in [-0.05, 0) is 40.2 Å². The van der Waals surface area contributed by atoms with E-state index in [-0.39, 0.29) is 22.6 Å². The van der Waals surface area contributed by atoms with Crippen molar-refractivity contribution in [2.45, 2.75) is 40.2 Å². The Balaban J connectivity index is 2.58. The molecule has 1 aromatic carbocycles. The number of anilines is 1. The van der Waals surface area contributed by atoms with Crippen LogP contribution in [0.1, 0.15) is 63.6 Å². The molecular formula is C20H18F5NO5S. The molecule has 1 aromatic heterocycles. The fourth-order valence-electron chi connectivity index (χ4n) is 2.54. The van der Waals surface area contributed by atoms with E-state index in [1.165, 1.54) is 13.8 Å². The second-order valence-electron chi connectivity index (χ2n) is 7.38. The van der Waals surface area contributed by atoms with E-state index in [0.717, 1.165) is 0 Å². The molecule has 0 radical (unpaired) electrons. The van der Waals surface area contributed by atoms with Crippen LogP contribution in [0.25, 0.3) is 0 Å². The van der Waals surface area contributed by atoms with Crippen molar-refractivity contribution in [2.75, 3.05) is 11.9 Å². The molecule has 0 aliphatic carbocycles. The largest absolute Gasteiger partial charge is 0.462 e. The molecule has 1 amide bonds. The minimum absolute atomic E-state index is 0.0374. The van der Waals surface area contributed by atoms with Crippen LogP contribution >= 0.6 is 11.3 Å². The summed E-state index contributed by atoms with van der Waals surface area (Å²) in [5.74, 6) is -15.3. The van der Waals surface area contributed by atoms with Crippen LogP contribution in [0.2, 0.25) is 0 Å². The molecule has 0 aliphatic rings. The van der Waals surface area contributed by atoms with Gasteiger partial charge in [0, 0.05) is 0 Å². The lowest BCUT2D eigenvalue weighted by atomic mass is 10.1. The van der Waals surface area contributed by atoms with E-state index in [0.29, 0.717) is 11.3 Å². The van der Waals surface area contributed by atoms with Crippen molar-refractivity contribution in [1.82, 2.24) is 0 Å². The van der Waals surface area contributed by atoms with Crippen molar-refractivity contribution in [3.8, 4) is 0 Å². The van der Waals surface area contributed by atoms with Gasteiger partial charge in [0.15, 0.2) is 23.3 Å². The van der Waals surface area contributed by atoms with Gasteiger partial charge >= 0.3 is 11.9 Å². The highest BCUT2D eigenvalue weighted by atomic mass is 32.1. The average Bonchev–Trinajstić information content (AvgIpc) is 3.00. The number of nitrogens with one attached hydrogen (secondary N) is 1. The lowest BCUT2D eigenvalue weighted by Gasteiger charge is -2.19. The van der Waals surface area contributed by atoms with Crippen LogP contribution in [-0.4, -0.2) is 30.1 Å². The molecule has 6 nitrogen and oxygen atoms in total. The first kappa shape index (κ1) is 25.2. The third kappa shape index (κ3) is 4.90. The zero-order valence-corrected chi connectivity index (χ0v) is 18.4. The average molecular weight is 479 g/mol. The highest BCUT2D eigenvalue weighted by Crippen LogP contribution is 2.36. The summed E-state index contributed by atoms with van der Waals surface area (Å²) in [5.41, 5.74) is -2.94. The van der Waals surface area contributed by atoms with Crippen LogP contribution < -0.4 is 5.32 Å². The van der Waals surface area contributed by atoms with Gasteiger partial charge in [-0.1, -0.05) is 0 Å². The summed E-state index contributed by atoms with van der Waals surface area (Å²) in [4.78, 5) is 37.1.